The summed E-state index contributed by atoms with van der Waals surface area (Å²) in [5.74, 6) is -0.0371. The Morgan fingerprint density at radius 1 is 1.37 bits per heavy atom. The summed E-state index contributed by atoms with van der Waals surface area (Å²) in [6.45, 7) is 1.14. The highest BCUT2D eigenvalue weighted by Crippen LogP contribution is 2.28. The van der Waals surface area contributed by atoms with E-state index in [1.165, 1.54) is 18.9 Å². The van der Waals surface area contributed by atoms with Gasteiger partial charge in [-0.05, 0) is 37.0 Å². The van der Waals surface area contributed by atoms with Crippen molar-refractivity contribution in [1.29, 1.82) is 0 Å². The van der Waals surface area contributed by atoms with Crippen LogP contribution in [0.3, 0.4) is 0 Å². The second-order valence-corrected chi connectivity index (χ2v) is 6.40. The molecule has 0 atom stereocenters. The maximum atomic E-state index is 13.1. The van der Waals surface area contributed by atoms with Crippen LogP contribution in [0.15, 0.2) is 23.1 Å². The molecule has 5 nitrogen and oxygen atoms in total. The monoisotopic (exact) mass is 288 g/mol. The average Bonchev–Trinajstić information content (AvgIpc) is 3.11. The highest BCUT2D eigenvalue weighted by molar-refractivity contribution is 7.89. The number of sulfonamides is 1. The highest BCUT2D eigenvalue weighted by atomic mass is 32.2. The van der Waals surface area contributed by atoms with Gasteiger partial charge >= 0.3 is 0 Å². The molecule has 0 aliphatic heterocycles. The fraction of sp³-hybridized carbons (Fsp3) is 0.500. The standard InChI is InChI=1S/C12H17FN2O3S/c13-10-5-11(14)7-12(6-10)19(16,17)15-3-4-18-8-9-1-2-9/h5-7,9,15H,1-4,8,14H2. The molecule has 3 N–H and O–H groups in total. The van der Waals surface area contributed by atoms with Crippen molar-refractivity contribution in [3.63, 3.8) is 0 Å². The molecule has 0 saturated heterocycles. The van der Waals surface area contributed by atoms with Gasteiger partial charge in [0.1, 0.15) is 5.82 Å². The van der Waals surface area contributed by atoms with E-state index >= 15 is 0 Å². The minimum Gasteiger partial charge on any atom is -0.399 e. The molecule has 0 bridgehead atoms. The van der Waals surface area contributed by atoms with E-state index in [2.05, 4.69) is 4.72 Å². The molecule has 0 radical (unpaired) electrons. The second kappa shape index (κ2) is 5.85. The Morgan fingerprint density at radius 2 is 2.11 bits per heavy atom. The lowest BCUT2D eigenvalue weighted by Gasteiger charge is -2.08. The summed E-state index contributed by atoms with van der Waals surface area (Å²) in [4.78, 5) is -0.174. The largest absolute Gasteiger partial charge is 0.399 e. The Hall–Kier alpha value is -1.18. The van der Waals surface area contributed by atoms with Gasteiger partial charge in [-0.15, -0.1) is 0 Å². The van der Waals surface area contributed by atoms with Crippen LogP contribution in [-0.4, -0.2) is 28.2 Å². The van der Waals surface area contributed by atoms with Crippen molar-refractivity contribution in [2.75, 3.05) is 25.5 Å². The minimum absolute atomic E-state index is 0.0744. The SMILES string of the molecule is Nc1cc(F)cc(S(=O)(=O)NCCOCC2CC2)c1. The number of hydrogen-bond acceptors (Lipinski definition) is 4. The summed E-state index contributed by atoms with van der Waals surface area (Å²) in [6, 6.07) is 3.22. The molecule has 1 aromatic carbocycles. The number of nitrogens with two attached hydrogens (primary N) is 1. The quantitative estimate of drug-likeness (QED) is 0.582. The van der Waals surface area contributed by atoms with E-state index in [4.69, 9.17) is 10.5 Å². The van der Waals surface area contributed by atoms with Gasteiger partial charge in [-0.3, -0.25) is 0 Å². The van der Waals surface area contributed by atoms with E-state index < -0.39 is 15.8 Å². The van der Waals surface area contributed by atoms with Gasteiger partial charge in [0.05, 0.1) is 11.5 Å². The van der Waals surface area contributed by atoms with Crippen LogP contribution in [0.4, 0.5) is 10.1 Å². The van der Waals surface area contributed by atoms with Gasteiger partial charge in [-0.25, -0.2) is 17.5 Å². The van der Waals surface area contributed by atoms with Crippen molar-refractivity contribution in [2.24, 2.45) is 5.92 Å². The summed E-state index contributed by atoms with van der Waals surface area (Å²) in [5, 5.41) is 0. The Kier molecular flexibility index (Phi) is 4.38. The second-order valence-electron chi connectivity index (χ2n) is 4.64. The number of benzene rings is 1. The molecule has 0 spiro atoms. The van der Waals surface area contributed by atoms with E-state index in [1.807, 2.05) is 0 Å². The first kappa shape index (κ1) is 14.2. The van der Waals surface area contributed by atoms with Crippen molar-refractivity contribution in [3.05, 3.63) is 24.0 Å². The molecule has 106 valence electrons. The lowest BCUT2D eigenvalue weighted by Crippen LogP contribution is -2.27. The summed E-state index contributed by atoms with van der Waals surface area (Å²) >= 11 is 0. The molecule has 1 aromatic rings. The predicted octanol–water partition coefficient (Wildman–Crippen LogP) is 1.11. The fourth-order valence-electron chi connectivity index (χ4n) is 1.61. The average molecular weight is 288 g/mol. The van der Waals surface area contributed by atoms with E-state index in [-0.39, 0.29) is 17.1 Å². The van der Waals surface area contributed by atoms with E-state index in [9.17, 15) is 12.8 Å². The van der Waals surface area contributed by atoms with Gasteiger partial charge in [0.2, 0.25) is 10.0 Å². The summed E-state index contributed by atoms with van der Waals surface area (Å²) in [6.07, 6.45) is 2.38. The van der Waals surface area contributed by atoms with Crippen LogP contribution >= 0.6 is 0 Å². The van der Waals surface area contributed by atoms with Gasteiger partial charge < -0.3 is 10.5 Å². The third-order valence-electron chi connectivity index (χ3n) is 2.79. The molecule has 0 heterocycles. The highest BCUT2D eigenvalue weighted by Gasteiger charge is 2.21. The number of nitrogens with one attached hydrogen (secondary N) is 1. The molecular formula is C12H17FN2O3S. The van der Waals surface area contributed by atoms with Crippen LogP contribution in [-0.2, 0) is 14.8 Å². The third kappa shape index (κ3) is 4.45. The minimum atomic E-state index is -3.74. The summed E-state index contributed by atoms with van der Waals surface area (Å²) < 4.78 is 44.5. The van der Waals surface area contributed by atoms with Gasteiger partial charge in [0, 0.05) is 18.8 Å². The number of hydrogen-bond donors (Lipinski definition) is 2. The normalized spacial score (nSPS) is 15.6. The molecule has 1 aliphatic carbocycles. The predicted molar refractivity (Wildman–Crippen MR) is 69.5 cm³/mol. The Balaban J connectivity index is 1.85. The molecule has 0 amide bonds. The van der Waals surface area contributed by atoms with Crippen LogP contribution in [0.1, 0.15) is 12.8 Å². The first-order chi connectivity index (χ1) is 8.97. The number of halogens is 1. The van der Waals surface area contributed by atoms with E-state index in [1.54, 1.807) is 0 Å². The Labute approximate surface area is 112 Å². The first-order valence-electron chi connectivity index (χ1n) is 6.11. The lowest BCUT2D eigenvalue weighted by molar-refractivity contribution is 0.129. The molecule has 19 heavy (non-hydrogen) atoms. The zero-order valence-corrected chi connectivity index (χ0v) is 11.2. The number of rotatable bonds is 7. The summed E-state index contributed by atoms with van der Waals surface area (Å²) in [7, 11) is -3.74. The molecule has 7 heteroatoms. The topological polar surface area (TPSA) is 81.4 Å². The maximum absolute atomic E-state index is 13.1. The number of anilines is 1. The fourth-order valence-corrected chi connectivity index (χ4v) is 2.68. The zero-order valence-electron chi connectivity index (χ0n) is 10.4. The van der Waals surface area contributed by atoms with Crippen molar-refractivity contribution < 1.29 is 17.5 Å². The van der Waals surface area contributed by atoms with Gasteiger partial charge in [0.15, 0.2) is 0 Å². The van der Waals surface area contributed by atoms with E-state index in [0.717, 1.165) is 12.1 Å². The molecule has 2 rings (SSSR count). The maximum Gasteiger partial charge on any atom is 0.240 e. The molecule has 1 fully saturated rings. The first-order valence-corrected chi connectivity index (χ1v) is 7.59. The van der Waals surface area contributed by atoms with Gasteiger partial charge in [0.25, 0.3) is 0 Å². The third-order valence-corrected chi connectivity index (χ3v) is 4.23. The van der Waals surface area contributed by atoms with Gasteiger partial charge in [-0.1, -0.05) is 0 Å². The number of nitrogen functional groups attached to an aromatic ring is 1. The van der Waals surface area contributed by atoms with Crippen molar-refractivity contribution in [2.45, 2.75) is 17.7 Å². The molecule has 0 aromatic heterocycles. The van der Waals surface area contributed by atoms with Crippen LogP contribution in [0.5, 0.6) is 0 Å². The Morgan fingerprint density at radius 3 is 2.74 bits per heavy atom. The summed E-state index contributed by atoms with van der Waals surface area (Å²) in [5.41, 5.74) is 5.49. The van der Waals surface area contributed by atoms with Crippen molar-refractivity contribution >= 4 is 15.7 Å². The molecule has 1 saturated carbocycles. The van der Waals surface area contributed by atoms with Crippen LogP contribution in [0.25, 0.3) is 0 Å². The van der Waals surface area contributed by atoms with Crippen LogP contribution in [0, 0.1) is 11.7 Å². The van der Waals surface area contributed by atoms with Crippen LogP contribution in [0.2, 0.25) is 0 Å². The Bertz CT molecular complexity index is 524. The van der Waals surface area contributed by atoms with E-state index in [0.29, 0.717) is 19.1 Å². The van der Waals surface area contributed by atoms with Crippen molar-refractivity contribution in [1.82, 2.24) is 4.72 Å². The number of ether oxygens (including phenoxy) is 1. The van der Waals surface area contributed by atoms with Crippen LogP contribution < -0.4 is 10.5 Å². The van der Waals surface area contributed by atoms with Crippen molar-refractivity contribution in [3.8, 4) is 0 Å². The molecular weight excluding hydrogens is 271 g/mol. The molecule has 1 aliphatic rings. The molecule has 0 unspecified atom stereocenters. The lowest BCUT2D eigenvalue weighted by atomic mass is 10.3. The smallest absolute Gasteiger partial charge is 0.240 e. The van der Waals surface area contributed by atoms with Gasteiger partial charge in [-0.2, -0.15) is 0 Å². The zero-order chi connectivity index (χ0) is 13.9.